The smallest absolute Gasteiger partial charge is 0.408 e. The fourth-order valence-electron chi connectivity index (χ4n) is 4.14. The van der Waals surface area contributed by atoms with Crippen LogP contribution in [0.15, 0.2) is 36.7 Å². The van der Waals surface area contributed by atoms with Crippen LogP contribution < -0.4 is 10.1 Å². The molecule has 2 aromatic rings. The molecule has 3 rings (SSSR count). The molecule has 2 amide bonds. The second-order valence-electron chi connectivity index (χ2n) is 11.1. The van der Waals surface area contributed by atoms with E-state index in [0.29, 0.717) is 5.75 Å². The molecule has 0 spiro atoms. The van der Waals surface area contributed by atoms with Crippen molar-refractivity contribution in [1.29, 1.82) is 0 Å². The zero-order chi connectivity index (χ0) is 26.8. The topological polar surface area (TPSA) is 123 Å². The van der Waals surface area contributed by atoms with E-state index in [1.807, 2.05) is 29.9 Å². The number of aromatic nitrogens is 2. The molecule has 3 atom stereocenters. The Balaban J connectivity index is 1.78. The summed E-state index contributed by atoms with van der Waals surface area (Å²) < 4.78 is 13.4. The molecule has 0 bridgehead atoms. The number of pyridine rings is 1. The minimum absolute atomic E-state index is 0.0696. The van der Waals surface area contributed by atoms with Gasteiger partial charge in [0.1, 0.15) is 29.5 Å². The summed E-state index contributed by atoms with van der Waals surface area (Å²) >= 11 is 0. The number of aliphatic carboxylic acids is 1. The number of hydrogen-bond acceptors (Lipinski definition) is 6. The fourth-order valence-corrected chi connectivity index (χ4v) is 4.14. The maximum atomic E-state index is 13.6. The third-order valence-electron chi connectivity index (χ3n) is 5.85. The van der Waals surface area contributed by atoms with E-state index in [-0.39, 0.29) is 13.0 Å². The molecule has 0 unspecified atom stereocenters. The molecule has 1 fully saturated rings. The lowest BCUT2D eigenvalue weighted by atomic mass is 9.85. The average molecular weight is 501 g/mol. The maximum absolute atomic E-state index is 13.6. The van der Waals surface area contributed by atoms with Gasteiger partial charge in [-0.05, 0) is 44.4 Å². The minimum atomic E-state index is -1.13. The number of nitrogens with zero attached hydrogens (tertiary/aromatic N) is 3. The number of carboxylic acid groups (broad SMARTS) is 1. The number of amides is 2. The van der Waals surface area contributed by atoms with Gasteiger partial charge in [0.2, 0.25) is 5.91 Å². The zero-order valence-electron chi connectivity index (χ0n) is 21.9. The lowest BCUT2D eigenvalue weighted by Gasteiger charge is -2.35. The lowest BCUT2D eigenvalue weighted by Crippen LogP contribution is -2.57. The van der Waals surface area contributed by atoms with Crippen molar-refractivity contribution in [2.75, 3.05) is 6.54 Å². The Morgan fingerprint density at radius 1 is 1.17 bits per heavy atom. The molecule has 1 aliphatic rings. The summed E-state index contributed by atoms with van der Waals surface area (Å²) in [4.78, 5) is 43.8. The minimum Gasteiger partial charge on any atom is -0.488 e. The van der Waals surface area contributed by atoms with Gasteiger partial charge in [-0.2, -0.15) is 0 Å². The molecule has 1 aliphatic heterocycles. The SMILES string of the molecule is Cn1cccc1-c1cc(O[C@@H]2C[C@@H](C(=O)O)N(C(=O)[C@@H](NC(=O)OC(C)(C)C)C(C)(C)C)C2)ccn1. The highest BCUT2D eigenvalue weighted by Crippen LogP contribution is 2.29. The van der Waals surface area contributed by atoms with Crippen LogP contribution in [0.2, 0.25) is 0 Å². The maximum Gasteiger partial charge on any atom is 0.408 e. The molecular formula is C26H36N4O6. The standard InChI is InChI=1S/C26H36N4O6/c1-25(2,3)21(28-24(34)36-26(4,5)6)22(31)30-15-17(14-20(30)23(32)33)35-16-10-11-27-18(13-16)19-9-8-12-29(19)7/h8-13,17,20-21H,14-15H2,1-7H3,(H,28,34)(H,32,33)/t17-,20+,21-/m1/s1. The number of ether oxygens (including phenoxy) is 2. The third kappa shape index (κ3) is 6.56. The van der Waals surface area contributed by atoms with Gasteiger partial charge in [0.25, 0.3) is 0 Å². The van der Waals surface area contributed by atoms with Gasteiger partial charge in [-0.3, -0.25) is 9.78 Å². The van der Waals surface area contributed by atoms with Crippen molar-refractivity contribution in [3.8, 4) is 17.1 Å². The first kappa shape index (κ1) is 27.0. The summed E-state index contributed by atoms with van der Waals surface area (Å²) in [7, 11) is 1.92. The second kappa shape index (κ2) is 10.2. The van der Waals surface area contributed by atoms with Gasteiger partial charge in [-0.15, -0.1) is 0 Å². The van der Waals surface area contributed by atoms with E-state index < -0.39 is 47.2 Å². The molecule has 196 valence electrons. The Bertz CT molecular complexity index is 1110. The summed E-state index contributed by atoms with van der Waals surface area (Å²) in [6, 6.07) is 5.28. The van der Waals surface area contributed by atoms with Gasteiger partial charge in [0.15, 0.2) is 0 Å². The predicted molar refractivity (Wildman–Crippen MR) is 133 cm³/mol. The van der Waals surface area contributed by atoms with Crippen LogP contribution in [0.5, 0.6) is 5.75 Å². The Morgan fingerprint density at radius 3 is 2.42 bits per heavy atom. The van der Waals surface area contributed by atoms with Crippen molar-refractivity contribution < 1.29 is 29.0 Å². The number of hydrogen-bond donors (Lipinski definition) is 2. The molecule has 10 heteroatoms. The quantitative estimate of drug-likeness (QED) is 0.623. The number of carbonyl (C=O) groups excluding carboxylic acids is 2. The van der Waals surface area contributed by atoms with E-state index in [1.54, 1.807) is 59.9 Å². The van der Waals surface area contributed by atoms with Crippen LogP contribution in [0.4, 0.5) is 4.79 Å². The highest BCUT2D eigenvalue weighted by molar-refractivity contribution is 5.90. The van der Waals surface area contributed by atoms with Crippen molar-refractivity contribution in [2.24, 2.45) is 12.5 Å². The van der Waals surface area contributed by atoms with Crippen LogP contribution in [0.25, 0.3) is 11.4 Å². The first-order chi connectivity index (χ1) is 16.7. The van der Waals surface area contributed by atoms with Gasteiger partial charge in [0.05, 0.1) is 17.9 Å². The highest BCUT2D eigenvalue weighted by Gasteiger charge is 2.46. The van der Waals surface area contributed by atoms with Crippen molar-refractivity contribution in [2.45, 2.75) is 71.8 Å². The van der Waals surface area contributed by atoms with Gasteiger partial charge in [0, 0.05) is 31.9 Å². The summed E-state index contributed by atoms with van der Waals surface area (Å²) in [6.07, 6.45) is 2.39. The van der Waals surface area contributed by atoms with E-state index in [0.717, 1.165) is 11.4 Å². The predicted octanol–water partition coefficient (Wildman–Crippen LogP) is 3.46. The van der Waals surface area contributed by atoms with E-state index in [4.69, 9.17) is 9.47 Å². The highest BCUT2D eigenvalue weighted by atomic mass is 16.6. The first-order valence-corrected chi connectivity index (χ1v) is 11.9. The Kier molecular flexibility index (Phi) is 7.66. The number of nitrogens with one attached hydrogen (secondary N) is 1. The van der Waals surface area contributed by atoms with Crippen molar-refractivity contribution in [3.05, 3.63) is 36.7 Å². The molecule has 0 aromatic carbocycles. The van der Waals surface area contributed by atoms with E-state index in [9.17, 15) is 19.5 Å². The van der Waals surface area contributed by atoms with Gasteiger partial charge >= 0.3 is 12.1 Å². The van der Waals surface area contributed by atoms with Crippen molar-refractivity contribution >= 4 is 18.0 Å². The van der Waals surface area contributed by atoms with E-state index in [1.165, 1.54) is 4.90 Å². The fraction of sp³-hybridized carbons (Fsp3) is 0.538. The van der Waals surface area contributed by atoms with Gasteiger partial charge in [-0.25, -0.2) is 9.59 Å². The largest absolute Gasteiger partial charge is 0.488 e. The molecule has 10 nitrogen and oxygen atoms in total. The van der Waals surface area contributed by atoms with E-state index >= 15 is 0 Å². The number of alkyl carbamates (subject to hydrolysis) is 1. The molecule has 1 saturated heterocycles. The van der Waals surface area contributed by atoms with Gasteiger partial charge in [-0.1, -0.05) is 20.8 Å². The van der Waals surface area contributed by atoms with E-state index in [2.05, 4.69) is 10.3 Å². The first-order valence-electron chi connectivity index (χ1n) is 11.9. The van der Waals surface area contributed by atoms with Crippen molar-refractivity contribution in [1.82, 2.24) is 19.8 Å². The summed E-state index contributed by atoms with van der Waals surface area (Å²) in [5.74, 6) is -1.09. The average Bonchev–Trinajstić information content (AvgIpc) is 3.36. The number of carbonyl (C=O) groups is 3. The zero-order valence-corrected chi connectivity index (χ0v) is 21.9. The summed E-state index contributed by atoms with van der Waals surface area (Å²) in [6.45, 7) is 10.7. The number of aryl methyl sites for hydroxylation is 1. The summed E-state index contributed by atoms with van der Waals surface area (Å²) in [5, 5.41) is 12.5. The summed E-state index contributed by atoms with van der Waals surface area (Å²) in [5.41, 5.74) is 0.197. The third-order valence-corrected chi connectivity index (χ3v) is 5.85. The molecule has 2 N–H and O–H groups in total. The van der Waals surface area contributed by atoms with Crippen LogP contribution in [-0.4, -0.2) is 67.9 Å². The normalized spacial score (nSPS) is 19.0. The van der Waals surface area contributed by atoms with Crippen LogP contribution in [0.3, 0.4) is 0 Å². The van der Waals surface area contributed by atoms with Crippen molar-refractivity contribution in [3.63, 3.8) is 0 Å². The van der Waals surface area contributed by atoms with Crippen LogP contribution in [0.1, 0.15) is 48.0 Å². The number of carboxylic acids is 1. The van der Waals surface area contributed by atoms with Gasteiger partial charge < -0.3 is 29.4 Å². The van der Waals surface area contributed by atoms with Crippen LogP contribution >= 0.6 is 0 Å². The molecule has 36 heavy (non-hydrogen) atoms. The monoisotopic (exact) mass is 500 g/mol. The lowest BCUT2D eigenvalue weighted by molar-refractivity contribution is -0.150. The molecule has 0 saturated carbocycles. The molecular weight excluding hydrogens is 464 g/mol. The Hall–Kier alpha value is -3.56. The van der Waals surface area contributed by atoms with Crippen LogP contribution in [-0.2, 0) is 21.4 Å². The molecule has 0 radical (unpaired) electrons. The Morgan fingerprint density at radius 2 is 1.86 bits per heavy atom. The Labute approximate surface area is 211 Å². The number of rotatable bonds is 6. The van der Waals surface area contributed by atoms with Crippen LogP contribution in [0, 0.1) is 5.41 Å². The molecule has 0 aliphatic carbocycles. The molecule has 2 aromatic heterocycles. The second-order valence-corrected chi connectivity index (χ2v) is 11.1. The molecule has 3 heterocycles. The number of likely N-dealkylation sites (tertiary alicyclic amines) is 1.